The Hall–Kier alpha value is -2.64. The van der Waals surface area contributed by atoms with Crippen LogP contribution in [0.1, 0.15) is 27.2 Å². The highest BCUT2D eigenvalue weighted by atomic mass is 16.5. The van der Waals surface area contributed by atoms with Crippen LogP contribution >= 0.6 is 0 Å². The van der Waals surface area contributed by atoms with E-state index >= 15 is 0 Å². The highest BCUT2D eigenvalue weighted by Gasteiger charge is 2.26. The lowest BCUT2D eigenvalue weighted by Crippen LogP contribution is -2.44. The third kappa shape index (κ3) is 4.56. The van der Waals surface area contributed by atoms with Gasteiger partial charge in [0, 0.05) is 18.7 Å². The van der Waals surface area contributed by atoms with Crippen molar-refractivity contribution < 1.29 is 14.3 Å². The normalized spacial score (nSPS) is 19.8. The summed E-state index contributed by atoms with van der Waals surface area (Å²) in [6.45, 7) is 8.49. The predicted octanol–water partition coefficient (Wildman–Crippen LogP) is 2.25. The van der Waals surface area contributed by atoms with Gasteiger partial charge in [0.2, 0.25) is 11.7 Å². The van der Waals surface area contributed by atoms with Crippen molar-refractivity contribution in [3.63, 3.8) is 0 Å². The van der Waals surface area contributed by atoms with Gasteiger partial charge in [-0.1, -0.05) is 13.8 Å². The Morgan fingerprint density at radius 2 is 1.96 bits per heavy atom. The Balaban J connectivity index is 1.71. The molecule has 0 radical (unpaired) electrons. The molecule has 0 unspecified atom stereocenters. The molecule has 2 atom stereocenters. The van der Waals surface area contributed by atoms with Gasteiger partial charge in [0.15, 0.2) is 11.5 Å². The van der Waals surface area contributed by atoms with E-state index in [-0.39, 0.29) is 12.5 Å². The Morgan fingerprint density at radius 3 is 2.63 bits per heavy atom. The van der Waals surface area contributed by atoms with Crippen LogP contribution in [-0.2, 0) is 11.3 Å². The van der Waals surface area contributed by atoms with Gasteiger partial charge in [0.25, 0.3) is 0 Å². The van der Waals surface area contributed by atoms with Gasteiger partial charge in [-0.15, -0.1) is 10.2 Å². The Morgan fingerprint density at radius 1 is 1.22 bits per heavy atom. The number of rotatable bonds is 6. The van der Waals surface area contributed by atoms with Crippen molar-refractivity contribution in [2.75, 3.05) is 26.8 Å². The van der Waals surface area contributed by atoms with Gasteiger partial charge in [0.1, 0.15) is 6.54 Å². The Bertz CT molecular complexity index is 781. The fourth-order valence-electron chi connectivity index (χ4n) is 3.60. The van der Waals surface area contributed by atoms with Crippen LogP contribution in [0.15, 0.2) is 18.2 Å². The summed E-state index contributed by atoms with van der Waals surface area (Å²) in [7, 11) is 1.60. The van der Waals surface area contributed by atoms with E-state index in [1.54, 1.807) is 7.11 Å². The molecular weight excluding hydrogens is 346 g/mol. The van der Waals surface area contributed by atoms with Crippen LogP contribution in [0, 0.1) is 11.8 Å². The molecule has 0 spiro atoms. The molecule has 1 saturated heterocycles. The zero-order valence-electron chi connectivity index (χ0n) is 16.4. The maximum absolute atomic E-state index is 12.6. The van der Waals surface area contributed by atoms with E-state index in [1.807, 2.05) is 30.0 Å². The van der Waals surface area contributed by atoms with Crippen molar-refractivity contribution in [3.8, 4) is 22.9 Å². The molecule has 0 bridgehead atoms. The van der Waals surface area contributed by atoms with E-state index < -0.39 is 0 Å². The molecule has 1 aliphatic rings. The molecule has 0 N–H and O–H groups in total. The molecule has 1 aliphatic heterocycles. The number of likely N-dealkylation sites (tertiary alicyclic amines) is 1. The van der Waals surface area contributed by atoms with Crippen LogP contribution in [0.25, 0.3) is 11.4 Å². The average molecular weight is 373 g/mol. The SMILES string of the molecule is CCOc1cc(-c2nnn(CC(=O)N3C[C@@H](C)C[C@H](C)C3)n2)ccc1OC. The lowest BCUT2D eigenvalue weighted by molar-refractivity contribution is -0.135. The molecule has 0 saturated carbocycles. The zero-order valence-corrected chi connectivity index (χ0v) is 16.4. The molecule has 27 heavy (non-hydrogen) atoms. The van der Waals surface area contributed by atoms with Crippen molar-refractivity contribution in [1.82, 2.24) is 25.1 Å². The molecule has 8 nitrogen and oxygen atoms in total. The van der Waals surface area contributed by atoms with E-state index in [4.69, 9.17) is 9.47 Å². The summed E-state index contributed by atoms with van der Waals surface area (Å²) in [4.78, 5) is 15.8. The van der Waals surface area contributed by atoms with Crippen molar-refractivity contribution in [3.05, 3.63) is 18.2 Å². The minimum absolute atomic E-state index is 0.0297. The Labute approximate surface area is 159 Å². The number of carbonyl (C=O) groups is 1. The van der Waals surface area contributed by atoms with Crippen LogP contribution in [0.4, 0.5) is 0 Å². The Kier molecular flexibility index (Phi) is 5.93. The number of methoxy groups -OCH3 is 1. The maximum atomic E-state index is 12.6. The summed E-state index contributed by atoms with van der Waals surface area (Å²) in [6.07, 6.45) is 1.16. The van der Waals surface area contributed by atoms with Crippen LogP contribution in [0.3, 0.4) is 0 Å². The van der Waals surface area contributed by atoms with Gasteiger partial charge in [-0.2, -0.15) is 4.80 Å². The minimum atomic E-state index is 0.0297. The summed E-state index contributed by atoms with van der Waals surface area (Å²) >= 11 is 0. The summed E-state index contributed by atoms with van der Waals surface area (Å²) < 4.78 is 10.9. The number of tetrazole rings is 1. The van der Waals surface area contributed by atoms with Crippen LogP contribution in [0.5, 0.6) is 11.5 Å². The molecule has 8 heteroatoms. The van der Waals surface area contributed by atoms with E-state index in [9.17, 15) is 4.79 Å². The smallest absolute Gasteiger partial charge is 0.246 e. The van der Waals surface area contributed by atoms with Crippen molar-refractivity contribution in [1.29, 1.82) is 0 Å². The fraction of sp³-hybridized carbons (Fsp3) is 0.579. The number of amides is 1. The second-order valence-electron chi connectivity index (χ2n) is 7.19. The number of hydrogen-bond donors (Lipinski definition) is 0. The maximum Gasteiger partial charge on any atom is 0.246 e. The molecule has 1 aromatic heterocycles. The highest BCUT2D eigenvalue weighted by Crippen LogP contribution is 2.31. The molecule has 1 aromatic carbocycles. The van der Waals surface area contributed by atoms with Gasteiger partial charge < -0.3 is 14.4 Å². The first-order chi connectivity index (χ1) is 13.0. The molecule has 2 heterocycles. The third-order valence-electron chi connectivity index (χ3n) is 4.67. The number of ether oxygens (including phenoxy) is 2. The standard InChI is InChI=1S/C19H27N5O3/c1-5-27-17-9-15(6-7-16(17)26-4)19-20-22-24(21-19)12-18(25)23-10-13(2)8-14(3)11-23/h6-7,9,13-14H,5,8,10-12H2,1-4H3/t13-,14-/m0/s1. The summed E-state index contributed by atoms with van der Waals surface area (Å²) in [5, 5.41) is 12.5. The second kappa shape index (κ2) is 8.37. The molecule has 146 valence electrons. The predicted molar refractivity (Wildman–Crippen MR) is 100 cm³/mol. The lowest BCUT2D eigenvalue weighted by Gasteiger charge is -2.34. The van der Waals surface area contributed by atoms with Crippen molar-refractivity contribution in [2.24, 2.45) is 11.8 Å². The number of nitrogens with zero attached hydrogens (tertiary/aromatic N) is 5. The second-order valence-corrected chi connectivity index (χ2v) is 7.19. The summed E-state index contributed by atoms with van der Waals surface area (Å²) in [6, 6.07) is 5.47. The van der Waals surface area contributed by atoms with Crippen molar-refractivity contribution in [2.45, 2.75) is 33.7 Å². The van der Waals surface area contributed by atoms with Gasteiger partial charge in [0.05, 0.1) is 13.7 Å². The zero-order chi connectivity index (χ0) is 19.4. The molecule has 1 amide bonds. The largest absolute Gasteiger partial charge is 0.493 e. The highest BCUT2D eigenvalue weighted by molar-refractivity contribution is 5.76. The third-order valence-corrected chi connectivity index (χ3v) is 4.67. The summed E-state index contributed by atoms with van der Waals surface area (Å²) in [5.74, 6) is 2.80. The summed E-state index contributed by atoms with van der Waals surface area (Å²) in [5.41, 5.74) is 0.762. The molecule has 0 aliphatic carbocycles. The molecular formula is C19H27N5O3. The number of hydrogen-bond acceptors (Lipinski definition) is 6. The van der Waals surface area contributed by atoms with Crippen LogP contribution in [-0.4, -0.2) is 57.8 Å². The van der Waals surface area contributed by atoms with E-state index in [1.165, 1.54) is 4.80 Å². The van der Waals surface area contributed by atoms with Gasteiger partial charge in [-0.25, -0.2) is 0 Å². The number of aromatic nitrogens is 4. The van der Waals surface area contributed by atoms with Crippen LogP contribution in [0.2, 0.25) is 0 Å². The monoisotopic (exact) mass is 373 g/mol. The van der Waals surface area contributed by atoms with E-state index in [2.05, 4.69) is 29.3 Å². The average Bonchev–Trinajstić information content (AvgIpc) is 3.09. The topological polar surface area (TPSA) is 82.4 Å². The first-order valence-electron chi connectivity index (χ1n) is 9.37. The van der Waals surface area contributed by atoms with Gasteiger partial charge in [-0.05, 0) is 48.6 Å². The number of benzene rings is 1. The first kappa shape index (κ1) is 19.1. The molecule has 1 fully saturated rings. The van der Waals surface area contributed by atoms with Crippen molar-refractivity contribution >= 4 is 5.91 Å². The quantitative estimate of drug-likeness (QED) is 0.772. The van der Waals surface area contributed by atoms with Gasteiger partial charge >= 0.3 is 0 Å². The number of carbonyl (C=O) groups excluding carboxylic acids is 1. The van der Waals surface area contributed by atoms with E-state index in [0.29, 0.717) is 35.8 Å². The number of piperidine rings is 1. The first-order valence-corrected chi connectivity index (χ1v) is 9.37. The molecule has 2 aromatic rings. The molecule has 3 rings (SSSR count). The van der Waals surface area contributed by atoms with Gasteiger partial charge in [-0.3, -0.25) is 4.79 Å². The van der Waals surface area contributed by atoms with Crippen LogP contribution < -0.4 is 9.47 Å². The lowest BCUT2D eigenvalue weighted by atomic mass is 9.92. The fourth-order valence-corrected chi connectivity index (χ4v) is 3.60. The van der Waals surface area contributed by atoms with E-state index in [0.717, 1.165) is 25.1 Å². The minimum Gasteiger partial charge on any atom is -0.493 e.